The van der Waals surface area contributed by atoms with Gasteiger partial charge >= 0.3 is 0 Å². The zero-order chi connectivity index (χ0) is 11.5. The van der Waals surface area contributed by atoms with E-state index in [9.17, 15) is 9.18 Å². The predicted molar refractivity (Wildman–Crippen MR) is 58.6 cm³/mol. The van der Waals surface area contributed by atoms with Crippen molar-refractivity contribution in [3.8, 4) is 0 Å². The molecule has 0 saturated carbocycles. The summed E-state index contributed by atoms with van der Waals surface area (Å²) >= 11 is 0. The summed E-state index contributed by atoms with van der Waals surface area (Å²) in [5.74, 6) is -0.0872. The number of ether oxygens (including phenoxy) is 1. The highest BCUT2D eigenvalue weighted by Crippen LogP contribution is 2.22. The predicted octanol–water partition coefficient (Wildman–Crippen LogP) is 2.36. The van der Waals surface area contributed by atoms with Crippen LogP contribution >= 0.6 is 0 Å². The molecule has 1 heterocycles. The van der Waals surface area contributed by atoms with Crippen molar-refractivity contribution in [2.75, 3.05) is 6.61 Å². The molecule has 3 heteroatoms. The van der Waals surface area contributed by atoms with E-state index in [0.717, 1.165) is 6.42 Å². The molecule has 1 aromatic carbocycles. The zero-order valence-corrected chi connectivity index (χ0v) is 9.28. The lowest BCUT2D eigenvalue weighted by Crippen LogP contribution is -2.27. The monoisotopic (exact) mass is 222 g/mol. The van der Waals surface area contributed by atoms with E-state index in [1.807, 2.05) is 6.92 Å². The van der Waals surface area contributed by atoms with Crippen LogP contribution in [0.4, 0.5) is 4.39 Å². The van der Waals surface area contributed by atoms with Gasteiger partial charge in [-0.05, 0) is 24.0 Å². The molecule has 2 unspecified atom stereocenters. The molecule has 1 fully saturated rings. The fraction of sp³-hybridized carbons (Fsp3) is 0.462. The molecule has 1 aromatic rings. The highest BCUT2D eigenvalue weighted by Gasteiger charge is 2.30. The third-order valence-electron chi connectivity index (χ3n) is 3.03. The molecule has 2 rings (SSSR count). The highest BCUT2D eigenvalue weighted by atomic mass is 19.1. The maximum atomic E-state index is 13.3. The second-order valence-corrected chi connectivity index (χ2v) is 4.29. The van der Waals surface area contributed by atoms with Crippen LogP contribution < -0.4 is 0 Å². The fourth-order valence-electron chi connectivity index (χ4n) is 2.04. The number of rotatable bonds is 3. The lowest BCUT2D eigenvalue weighted by Gasteiger charge is -2.13. The summed E-state index contributed by atoms with van der Waals surface area (Å²) in [5.41, 5.74) is 0.454. The van der Waals surface area contributed by atoms with E-state index in [0.29, 0.717) is 12.2 Å². The Kier molecular flexibility index (Phi) is 3.34. The second-order valence-electron chi connectivity index (χ2n) is 4.29. The van der Waals surface area contributed by atoms with Crippen LogP contribution in [0.3, 0.4) is 0 Å². The quantitative estimate of drug-likeness (QED) is 0.784. The fourth-order valence-corrected chi connectivity index (χ4v) is 2.04. The van der Waals surface area contributed by atoms with Crippen LogP contribution in [-0.4, -0.2) is 18.5 Å². The van der Waals surface area contributed by atoms with E-state index in [2.05, 4.69) is 0 Å². The zero-order valence-electron chi connectivity index (χ0n) is 9.28. The first-order chi connectivity index (χ1) is 7.68. The van der Waals surface area contributed by atoms with Crippen LogP contribution in [0.2, 0.25) is 0 Å². The van der Waals surface area contributed by atoms with Crippen molar-refractivity contribution >= 4 is 5.78 Å². The molecule has 2 atom stereocenters. The summed E-state index contributed by atoms with van der Waals surface area (Å²) in [6, 6.07) is 6.39. The number of benzene rings is 1. The summed E-state index contributed by atoms with van der Waals surface area (Å²) in [4.78, 5) is 11.9. The number of Topliss-reactive ketones (excluding diaryl/α,β-unsaturated/α-hetero) is 1. The van der Waals surface area contributed by atoms with Crippen LogP contribution in [0.5, 0.6) is 0 Å². The van der Waals surface area contributed by atoms with Gasteiger partial charge in [0.2, 0.25) is 0 Å². The summed E-state index contributed by atoms with van der Waals surface area (Å²) in [5, 5.41) is 0. The molecule has 0 radical (unpaired) electrons. The maximum absolute atomic E-state index is 13.3. The van der Waals surface area contributed by atoms with Crippen molar-refractivity contribution in [2.45, 2.75) is 25.9 Å². The summed E-state index contributed by atoms with van der Waals surface area (Å²) in [6.07, 6.45) is 0.689. The molecule has 1 saturated heterocycles. The van der Waals surface area contributed by atoms with E-state index in [1.165, 1.54) is 6.07 Å². The third kappa shape index (κ3) is 2.30. The van der Waals surface area contributed by atoms with Gasteiger partial charge < -0.3 is 4.74 Å². The van der Waals surface area contributed by atoms with Gasteiger partial charge in [0, 0.05) is 13.0 Å². The Morgan fingerprint density at radius 1 is 1.50 bits per heavy atom. The van der Waals surface area contributed by atoms with Crippen LogP contribution in [-0.2, 0) is 16.0 Å². The molecule has 0 aliphatic carbocycles. The molecule has 0 bridgehead atoms. The number of hydrogen-bond acceptors (Lipinski definition) is 2. The van der Waals surface area contributed by atoms with E-state index in [4.69, 9.17) is 4.74 Å². The van der Waals surface area contributed by atoms with Gasteiger partial charge in [-0.25, -0.2) is 4.39 Å². The molecule has 0 aromatic heterocycles. The summed E-state index contributed by atoms with van der Waals surface area (Å²) in [7, 11) is 0. The molecule has 0 N–H and O–H groups in total. The second kappa shape index (κ2) is 4.74. The van der Waals surface area contributed by atoms with Crippen molar-refractivity contribution in [1.29, 1.82) is 0 Å². The molecule has 1 aliphatic rings. The Morgan fingerprint density at radius 2 is 2.25 bits per heavy atom. The third-order valence-corrected chi connectivity index (χ3v) is 3.03. The minimum atomic E-state index is -0.348. The Labute approximate surface area is 94.4 Å². The number of hydrogen-bond donors (Lipinski definition) is 0. The average Bonchev–Trinajstić information content (AvgIpc) is 2.68. The standard InChI is InChI=1S/C13H15FO2/c1-9-6-7-16-13(9)12(15)8-10-4-2-3-5-11(10)14/h2-5,9,13H,6-8H2,1H3. The molecule has 0 amide bonds. The maximum Gasteiger partial charge on any atom is 0.166 e. The van der Waals surface area contributed by atoms with Crippen molar-refractivity contribution in [2.24, 2.45) is 5.92 Å². The van der Waals surface area contributed by atoms with Crippen LogP contribution in [0.25, 0.3) is 0 Å². The largest absolute Gasteiger partial charge is 0.370 e. The van der Waals surface area contributed by atoms with Gasteiger partial charge in [0.15, 0.2) is 5.78 Å². The Morgan fingerprint density at radius 3 is 2.88 bits per heavy atom. The van der Waals surface area contributed by atoms with E-state index in [-0.39, 0.29) is 30.0 Å². The Hall–Kier alpha value is -1.22. The van der Waals surface area contributed by atoms with Crippen molar-refractivity contribution in [1.82, 2.24) is 0 Å². The lowest BCUT2D eigenvalue weighted by molar-refractivity contribution is -0.128. The van der Waals surface area contributed by atoms with Crippen LogP contribution in [0.1, 0.15) is 18.9 Å². The number of ketones is 1. The van der Waals surface area contributed by atoms with Gasteiger partial charge in [-0.2, -0.15) is 0 Å². The van der Waals surface area contributed by atoms with E-state index in [1.54, 1.807) is 18.2 Å². The first-order valence-corrected chi connectivity index (χ1v) is 5.56. The van der Waals surface area contributed by atoms with Crippen molar-refractivity contribution in [3.05, 3.63) is 35.6 Å². The van der Waals surface area contributed by atoms with Gasteiger partial charge in [-0.3, -0.25) is 4.79 Å². The summed E-state index contributed by atoms with van der Waals surface area (Å²) < 4.78 is 18.7. The normalized spacial score (nSPS) is 24.6. The van der Waals surface area contributed by atoms with Crippen molar-refractivity contribution in [3.63, 3.8) is 0 Å². The van der Waals surface area contributed by atoms with Crippen LogP contribution in [0, 0.1) is 11.7 Å². The van der Waals surface area contributed by atoms with E-state index >= 15 is 0 Å². The molecule has 86 valence electrons. The average molecular weight is 222 g/mol. The van der Waals surface area contributed by atoms with Gasteiger partial charge in [-0.1, -0.05) is 25.1 Å². The van der Waals surface area contributed by atoms with Crippen molar-refractivity contribution < 1.29 is 13.9 Å². The smallest absolute Gasteiger partial charge is 0.166 e. The Balaban J connectivity index is 2.05. The van der Waals surface area contributed by atoms with Gasteiger partial charge in [0.25, 0.3) is 0 Å². The number of carbonyl (C=O) groups excluding carboxylic acids is 1. The van der Waals surface area contributed by atoms with Gasteiger partial charge in [0.05, 0.1) is 0 Å². The molecular formula is C13H15FO2. The lowest BCUT2D eigenvalue weighted by atomic mass is 9.96. The topological polar surface area (TPSA) is 26.3 Å². The number of carbonyl (C=O) groups is 1. The van der Waals surface area contributed by atoms with E-state index < -0.39 is 0 Å². The first kappa shape index (κ1) is 11.3. The minimum absolute atomic E-state index is 0.0184. The highest BCUT2D eigenvalue weighted by molar-refractivity contribution is 5.85. The molecule has 2 nitrogen and oxygen atoms in total. The molecule has 0 spiro atoms. The first-order valence-electron chi connectivity index (χ1n) is 5.56. The molecule has 1 aliphatic heterocycles. The summed E-state index contributed by atoms with van der Waals surface area (Å²) in [6.45, 7) is 2.63. The van der Waals surface area contributed by atoms with Gasteiger partial charge in [-0.15, -0.1) is 0 Å². The van der Waals surface area contributed by atoms with Gasteiger partial charge in [0.1, 0.15) is 11.9 Å². The Bertz CT molecular complexity index is 389. The minimum Gasteiger partial charge on any atom is -0.370 e. The SMILES string of the molecule is CC1CCOC1C(=O)Cc1ccccc1F. The van der Waals surface area contributed by atoms with Crippen LogP contribution in [0.15, 0.2) is 24.3 Å². The molecule has 16 heavy (non-hydrogen) atoms. The number of halogens is 1. The molecular weight excluding hydrogens is 207 g/mol.